The highest BCUT2D eigenvalue weighted by molar-refractivity contribution is 7.47. The van der Waals surface area contributed by atoms with Gasteiger partial charge in [-0.3, -0.25) is 18.6 Å². The third kappa shape index (κ3) is 30.3. The smallest absolute Gasteiger partial charge is 0.463 e. The Morgan fingerprint density at radius 1 is 0.659 bits per heavy atom. The van der Waals surface area contributed by atoms with Gasteiger partial charge in [-0.25, -0.2) is 4.57 Å². The van der Waals surface area contributed by atoms with Crippen LogP contribution in [0.4, 0.5) is 0 Å². The lowest BCUT2D eigenvalue weighted by molar-refractivity contribution is -0.147. The summed E-state index contributed by atoms with van der Waals surface area (Å²) in [6.45, 7) is 3.19. The number of ether oxygens (including phenoxy) is 1. The van der Waals surface area contributed by atoms with Crippen LogP contribution in [0.2, 0.25) is 0 Å². The van der Waals surface area contributed by atoms with Gasteiger partial charge in [-0.1, -0.05) is 129 Å². The second-order valence-corrected chi connectivity index (χ2v) is 12.6. The Bertz CT molecular complexity index is 664. The molecule has 0 aliphatic carbocycles. The number of hydrogen-bond acceptors (Lipinski definition) is 7. The number of carbonyl (C=O) groups excluding carboxylic acids is 2. The number of unbranched alkanes of at least 4 members (excludes halogenated alkanes) is 18. The summed E-state index contributed by atoms with van der Waals surface area (Å²) in [6.07, 6.45) is 24.7. The molecule has 0 rings (SSSR count). The minimum atomic E-state index is -4.37. The van der Waals surface area contributed by atoms with Crippen molar-refractivity contribution in [3.63, 3.8) is 0 Å². The first-order valence-electron chi connectivity index (χ1n) is 16.5. The van der Waals surface area contributed by atoms with Crippen molar-refractivity contribution in [1.29, 1.82) is 0 Å². The average molecular weight is 608 g/mol. The van der Waals surface area contributed by atoms with Gasteiger partial charge in [0.15, 0.2) is 0 Å². The molecule has 0 aromatic rings. The lowest BCUT2D eigenvalue weighted by Gasteiger charge is -2.15. The highest BCUT2D eigenvalue weighted by Gasteiger charge is 2.23. The SMILES string of the molecule is CCCCCCCCCCCCCCCCCCCCCC(=O)OCC(O)COP(=O)(O)OCCNC(=O)CCC. The van der Waals surface area contributed by atoms with Crippen molar-refractivity contribution < 1.29 is 37.9 Å². The summed E-state index contributed by atoms with van der Waals surface area (Å²) in [5, 5.41) is 12.4. The quantitative estimate of drug-likeness (QED) is 0.0414. The summed E-state index contributed by atoms with van der Waals surface area (Å²) in [5.41, 5.74) is 0. The molecule has 1 amide bonds. The van der Waals surface area contributed by atoms with Gasteiger partial charge >= 0.3 is 13.8 Å². The number of esters is 1. The number of hydrogen-bond donors (Lipinski definition) is 3. The zero-order valence-electron chi connectivity index (χ0n) is 26.3. The number of rotatable bonds is 31. The van der Waals surface area contributed by atoms with Crippen LogP contribution in [0.3, 0.4) is 0 Å². The van der Waals surface area contributed by atoms with Crippen LogP contribution in [0.1, 0.15) is 155 Å². The van der Waals surface area contributed by atoms with Crippen molar-refractivity contribution in [1.82, 2.24) is 5.32 Å². The Labute approximate surface area is 250 Å². The minimum absolute atomic E-state index is 0.0758. The molecular weight excluding hydrogens is 545 g/mol. The molecule has 244 valence electrons. The highest BCUT2D eigenvalue weighted by atomic mass is 31.2. The van der Waals surface area contributed by atoms with Gasteiger partial charge < -0.3 is 20.1 Å². The van der Waals surface area contributed by atoms with E-state index in [4.69, 9.17) is 13.8 Å². The summed E-state index contributed by atoms with van der Waals surface area (Å²) >= 11 is 0. The molecule has 0 radical (unpaired) electrons. The maximum Gasteiger partial charge on any atom is 0.472 e. The molecule has 0 heterocycles. The zero-order chi connectivity index (χ0) is 30.4. The molecule has 0 fully saturated rings. The number of phosphoric acid groups is 1. The van der Waals surface area contributed by atoms with Crippen molar-refractivity contribution in [3.05, 3.63) is 0 Å². The van der Waals surface area contributed by atoms with E-state index in [0.29, 0.717) is 12.8 Å². The number of aliphatic hydroxyl groups excluding tert-OH is 1. The molecule has 3 N–H and O–H groups in total. The predicted octanol–water partition coefficient (Wildman–Crippen LogP) is 7.76. The Kier molecular flexibility index (Phi) is 28.4. The molecular formula is C31H62NO8P. The molecule has 0 aromatic carbocycles. The summed E-state index contributed by atoms with van der Waals surface area (Å²) in [5.74, 6) is -0.565. The topological polar surface area (TPSA) is 131 Å². The molecule has 0 saturated heterocycles. The van der Waals surface area contributed by atoms with E-state index in [-0.39, 0.29) is 32.1 Å². The molecule has 0 bridgehead atoms. The standard InChI is InChI=1S/C31H62NO8P/c1-3-5-6-7-8-9-10-11-12-13-14-15-16-17-18-19-20-21-22-24-31(35)38-27-29(33)28-40-41(36,37)39-26-25-32-30(34)23-4-2/h29,33H,3-28H2,1-2H3,(H,32,34)(H,36,37). The molecule has 0 saturated carbocycles. The van der Waals surface area contributed by atoms with E-state index in [0.717, 1.165) is 19.3 Å². The molecule has 10 heteroatoms. The van der Waals surface area contributed by atoms with Gasteiger partial charge in [0, 0.05) is 19.4 Å². The van der Waals surface area contributed by atoms with E-state index < -0.39 is 26.5 Å². The number of amides is 1. The zero-order valence-corrected chi connectivity index (χ0v) is 27.1. The van der Waals surface area contributed by atoms with E-state index in [1.807, 2.05) is 6.92 Å². The first-order valence-corrected chi connectivity index (χ1v) is 18.0. The summed E-state index contributed by atoms with van der Waals surface area (Å²) < 4.78 is 26.3. The molecule has 0 aliphatic heterocycles. The van der Waals surface area contributed by atoms with Crippen LogP contribution < -0.4 is 5.32 Å². The third-order valence-corrected chi connectivity index (χ3v) is 7.99. The van der Waals surface area contributed by atoms with Crippen molar-refractivity contribution >= 4 is 19.7 Å². The van der Waals surface area contributed by atoms with E-state index in [2.05, 4.69) is 12.2 Å². The number of nitrogens with one attached hydrogen (secondary N) is 1. The van der Waals surface area contributed by atoms with Crippen molar-refractivity contribution in [2.45, 2.75) is 161 Å². The second-order valence-electron chi connectivity index (χ2n) is 11.1. The van der Waals surface area contributed by atoms with Crippen LogP contribution in [0.25, 0.3) is 0 Å². The lowest BCUT2D eigenvalue weighted by Crippen LogP contribution is -2.27. The number of carbonyl (C=O) groups is 2. The molecule has 41 heavy (non-hydrogen) atoms. The van der Waals surface area contributed by atoms with Crippen molar-refractivity contribution in [2.24, 2.45) is 0 Å². The fraction of sp³-hybridized carbons (Fsp3) is 0.935. The van der Waals surface area contributed by atoms with E-state index in [1.54, 1.807) is 0 Å². The van der Waals surface area contributed by atoms with Crippen LogP contribution in [0, 0.1) is 0 Å². The second kappa shape index (κ2) is 29.1. The molecule has 0 aromatic heterocycles. The van der Waals surface area contributed by atoms with Gasteiger partial charge in [0.25, 0.3) is 0 Å². The Hall–Kier alpha value is -0.990. The van der Waals surface area contributed by atoms with Gasteiger partial charge in [0.05, 0.1) is 13.2 Å². The summed E-state index contributed by atoms with van der Waals surface area (Å²) in [6, 6.07) is 0. The van der Waals surface area contributed by atoms with E-state index >= 15 is 0 Å². The van der Waals surface area contributed by atoms with E-state index in [1.165, 1.54) is 103 Å². The van der Waals surface area contributed by atoms with E-state index in [9.17, 15) is 24.2 Å². The molecule has 0 aliphatic rings. The van der Waals surface area contributed by atoms with Gasteiger partial charge in [0.1, 0.15) is 12.7 Å². The van der Waals surface area contributed by atoms with Gasteiger partial charge in [-0.05, 0) is 12.8 Å². The Balaban J connectivity index is 3.47. The van der Waals surface area contributed by atoms with Crippen LogP contribution in [-0.2, 0) is 27.9 Å². The largest absolute Gasteiger partial charge is 0.472 e. The number of aliphatic hydroxyl groups is 1. The first-order chi connectivity index (χ1) is 19.8. The van der Waals surface area contributed by atoms with Crippen molar-refractivity contribution in [2.75, 3.05) is 26.4 Å². The monoisotopic (exact) mass is 607 g/mol. The van der Waals surface area contributed by atoms with Gasteiger partial charge in [0.2, 0.25) is 5.91 Å². The minimum Gasteiger partial charge on any atom is -0.463 e. The molecule has 9 nitrogen and oxygen atoms in total. The lowest BCUT2D eigenvalue weighted by atomic mass is 10.0. The molecule has 2 unspecified atom stereocenters. The maximum atomic E-state index is 11.9. The Morgan fingerprint density at radius 3 is 1.59 bits per heavy atom. The molecule has 2 atom stereocenters. The predicted molar refractivity (Wildman–Crippen MR) is 165 cm³/mol. The molecule has 0 spiro atoms. The highest BCUT2D eigenvalue weighted by Crippen LogP contribution is 2.42. The van der Waals surface area contributed by atoms with Crippen LogP contribution in [0.5, 0.6) is 0 Å². The maximum absolute atomic E-state index is 11.9. The average Bonchev–Trinajstić information content (AvgIpc) is 2.94. The number of phosphoric ester groups is 1. The van der Waals surface area contributed by atoms with Crippen molar-refractivity contribution in [3.8, 4) is 0 Å². The van der Waals surface area contributed by atoms with Crippen LogP contribution >= 0.6 is 7.82 Å². The van der Waals surface area contributed by atoms with Crippen LogP contribution in [0.15, 0.2) is 0 Å². The normalized spacial score (nSPS) is 13.6. The fourth-order valence-corrected chi connectivity index (χ4v) is 5.30. The third-order valence-electron chi connectivity index (χ3n) is 7.01. The first kappa shape index (κ1) is 40.0. The van der Waals surface area contributed by atoms with Gasteiger partial charge in [-0.15, -0.1) is 0 Å². The van der Waals surface area contributed by atoms with Crippen LogP contribution in [-0.4, -0.2) is 54.3 Å². The Morgan fingerprint density at radius 2 is 1.12 bits per heavy atom. The summed E-state index contributed by atoms with van der Waals surface area (Å²) in [7, 11) is -4.37. The summed E-state index contributed by atoms with van der Waals surface area (Å²) in [4.78, 5) is 32.8. The fourth-order valence-electron chi connectivity index (χ4n) is 4.54. The van der Waals surface area contributed by atoms with Gasteiger partial charge in [-0.2, -0.15) is 0 Å².